The zero-order chi connectivity index (χ0) is 19.5. The summed E-state index contributed by atoms with van der Waals surface area (Å²) in [4.78, 5) is 4.51. The minimum absolute atomic E-state index is 0.351. The van der Waals surface area contributed by atoms with Gasteiger partial charge in [0, 0.05) is 19.5 Å². The summed E-state index contributed by atoms with van der Waals surface area (Å²) in [5.41, 5.74) is 5.16. The second kappa shape index (κ2) is 6.69. The van der Waals surface area contributed by atoms with Crippen molar-refractivity contribution in [3.8, 4) is 0 Å². The van der Waals surface area contributed by atoms with E-state index in [4.69, 9.17) is 4.74 Å². The molecular weight excluding hydrogens is 342 g/mol. The van der Waals surface area contributed by atoms with Crippen LogP contribution in [0.25, 0.3) is 5.57 Å². The first-order valence-corrected chi connectivity index (χ1v) is 11.6. The van der Waals surface area contributed by atoms with Crippen LogP contribution in [0.3, 0.4) is 0 Å². The summed E-state index contributed by atoms with van der Waals surface area (Å²) in [6.07, 6.45) is 18.0. The first kappa shape index (κ1) is 18.9. The summed E-state index contributed by atoms with van der Waals surface area (Å²) in [6.45, 7) is 7.39. The Morgan fingerprint density at radius 3 is 2.68 bits per heavy atom. The SMILES string of the molecule is COC1CC[C@@]2(C)[C@@H](CC[C@@H]3[C@@H]2CC[C@]2(C)C(c4cncc(C)c4)=CC[C@@H]32)C1. The zero-order valence-corrected chi connectivity index (χ0v) is 18.2. The van der Waals surface area contributed by atoms with Crippen LogP contribution in [0, 0.1) is 41.4 Å². The molecule has 0 bridgehead atoms. The second-order valence-corrected chi connectivity index (χ2v) is 10.8. The van der Waals surface area contributed by atoms with Crippen molar-refractivity contribution in [3.05, 3.63) is 35.7 Å². The summed E-state index contributed by atoms with van der Waals surface area (Å²) < 4.78 is 5.76. The molecule has 1 unspecified atom stereocenters. The molecule has 1 aromatic heterocycles. The molecule has 3 fully saturated rings. The van der Waals surface area contributed by atoms with Crippen LogP contribution in [-0.4, -0.2) is 18.2 Å². The highest BCUT2D eigenvalue weighted by molar-refractivity contribution is 5.72. The first-order valence-electron chi connectivity index (χ1n) is 11.6. The number of hydrogen-bond acceptors (Lipinski definition) is 2. The quantitative estimate of drug-likeness (QED) is 0.590. The molecule has 7 atom stereocenters. The van der Waals surface area contributed by atoms with Gasteiger partial charge in [-0.15, -0.1) is 0 Å². The van der Waals surface area contributed by atoms with Gasteiger partial charge in [0.1, 0.15) is 0 Å². The van der Waals surface area contributed by atoms with Gasteiger partial charge in [0.05, 0.1) is 6.10 Å². The Hall–Kier alpha value is -1.15. The fourth-order valence-electron chi connectivity index (χ4n) is 8.15. The topological polar surface area (TPSA) is 22.1 Å². The molecule has 0 saturated heterocycles. The van der Waals surface area contributed by atoms with Crippen LogP contribution < -0.4 is 0 Å². The number of methoxy groups -OCH3 is 1. The Labute approximate surface area is 171 Å². The Morgan fingerprint density at radius 2 is 1.89 bits per heavy atom. The molecule has 1 aromatic rings. The third kappa shape index (κ3) is 2.66. The Kier molecular flexibility index (Phi) is 4.50. The molecule has 0 N–H and O–H groups in total. The molecule has 0 radical (unpaired) electrons. The minimum atomic E-state index is 0.351. The number of pyridine rings is 1. The highest BCUT2D eigenvalue weighted by Gasteiger charge is 2.58. The van der Waals surface area contributed by atoms with Gasteiger partial charge < -0.3 is 4.74 Å². The van der Waals surface area contributed by atoms with Crippen molar-refractivity contribution in [1.82, 2.24) is 4.98 Å². The van der Waals surface area contributed by atoms with Gasteiger partial charge in [-0.3, -0.25) is 4.98 Å². The van der Waals surface area contributed by atoms with E-state index in [1.165, 1.54) is 62.5 Å². The van der Waals surface area contributed by atoms with Crippen molar-refractivity contribution in [3.63, 3.8) is 0 Å². The summed E-state index contributed by atoms with van der Waals surface area (Å²) in [7, 11) is 1.91. The molecule has 4 aliphatic carbocycles. The van der Waals surface area contributed by atoms with Gasteiger partial charge in [0.25, 0.3) is 0 Å². The summed E-state index contributed by atoms with van der Waals surface area (Å²) in [6, 6.07) is 2.35. The Morgan fingerprint density at radius 1 is 1.04 bits per heavy atom. The standard InChI is InChI=1S/C26H37NO/c1-17-13-18(16-27-15-17)22-7-8-23-21-6-5-19-14-20(28-4)9-11-25(19,2)24(21)10-12-26(22,23)3/h7,13,15-16,19-21,23-24H,5-6,8-12,14H2,1-4H3/t19-,20?,21-,23-,24-,25-,26+/m0/s1. The monoisotopic (exact) mass is 379 g/mol. The molecule has 2 nitrogen and oxygen atoms in total. The van der Waals surface area contributed by atoms with E-state index in [-0.39, 0.29) is 0 Å². The molecule has 0 amide bonds. The number of rotatable bonds is 2. The lowest BCUT2D eigenvalue weighted by Gasteiger charge is -2.61. The van der Waals surface area contributed by atoms with Crippen LogP contribution in [0.2, 0.25) is 0 Å². The Balaban J connectivity index is 1.42. The lowest BCUT2D eigenvalue weighted by Crippen LogP contribution is -2.53. The third-order valence-corrected chi connectivity index (χ3v) is 9.72. The van der Waals surface area contributed by atoms with Gasteiger partial charge in [0.2, 0.25) is 0 Å². The number of aryl methyl sites for hydroxylation is 1. The zero-order valence-electron chi connectivity index (χ0n) is 18.2. The van der Waals surface area contributed by atoms with E-state index in [0.717, 1.165) is 23.7 Å². The summed E-state index contributed by atoms with van der Waals surface area (Å²) in [5, 5.41) is 0. The van der Waals surface area contributed by atoms with Crippen LogP contribution >= 0.6 is 0 Å². The predicted molar refractivity (Wildman–Crippen MR) is 115 cm³/mol. The number of hydrogen-bond donors (Lipinski definition) is 0. The molecule has 5 rings (SSSR count). The van der Waals surface area contributed by atoms with Crippen LogP contribution in [0.1, 0.15) is 76.3 Å². The van der Waals surface area contributed by atoms with E-state index in [1.807, 2.05) is 13.3 Å². The molecule has 3 saturated carbocycles. The van der Waals surface area contributed by atoms with Gasteiger partial charge in [-0.1, -0.05) is 19.9 Å². The molecule has 28 heavy (non-hydrogen) atoms. The van der Waals surface area contributed by atoms with E-state index >= 15 is 0 Å². The van der Waals surface area contributed by atoms with Crippen LogP contribution in [0.5, 0.6) is 0 Å². The highest BCUT2D eigenvalue weighted by atomic mass is 16.5. The number of allylic oxidation sites excluding steroid dienone is 2. The number of nitrogens with zero attached hydrogens (tertiary/aromatic N) is 1. The van der Waals surface area contributed by atoms with Crippen molar-refractivity contribution in [2.75, 3.05) is 7.11 Å². The fourth-order valence-corrected chi connectivity index (χ4v) is 8.15. The van der Waals surface area contributed by atoms with Crippen molar-refractivity contribution < 1.29 is 4.74 Å². The van der Waals surface area contributed by atoms with Gasteiger partial charge >= 0.3 is 0 Å². The first-order chi connectivity index (χ1) is 13.5. The van der Waals surface area contributed by atoms with E-state index < -0.39 is 0 Å². The molecular formula is C26H37NO. The van der Waals surface area contributed by atoms with Crippen molar-refractivity contribution in [2.24, 2.45) is 34.5 Å². The highest BCUT2D eigenvalue weighted by Crippen LogP contribution is 2.67. The normalized spacial score (nSPS) is 45.0. The summed E-state index contributed by atoms with van der Waals surface area (Å²) in [5.74, 6) is 3.54. The fraction of sp³-hybridized carbons (Fsp3) is 0.731. The maximum absolute atomic E-state index is 5.76. The van der Waals surface area contributed by atoms with E-state index in [0.29, 0.717) is 16.9 Å². The van der Waals surface area contributed by atoms with Gasteiger partial charge in [-0.2, -0.15) is 0 Å². The summed E-state index contributed by atoms with van der Waals surface area (Å²) >= 11 is 0. The number of fused-ring (bicyclic) bond motifs is 5. The van der Waals surface area contributed by atoms with Crippen molar-refractivity contribution in [1.29, 1.82) is 0 Å². The lowest BCUT2D eigenvalue weighted by atomic mass is 9.44. The smallest absolute Gasteiger partial charge is 0.0574 e. The van der Waals surface area contributed by atoms with E-state index in [2.05, 4.69) is 44.1 Å². The third-order valence-electron chi connectivity index (χ3n) is 9.72. The number of aromatic nitrogens is 1. The van der Waals surface area contributed by atoms with E-state index in [1.54, 1.807) is 5.57 Å². The molecule has 2 heteroatoms. The molecule has 152 valence electrons. The van der Waals surface area contributed by atoms with Crippen LogP contribution in [-0.2, 0) is 4.74 Å². The average molecular weight is 380 g/mol. The predicted octanol–water partition coefficient (Wildman–Crippen LogP) is 6.44. The molecule has 0 spiro atoms. The van der Waals surface area contributed by atoms with Crippen LogP contribution in [0.4, 0.5) is 0 Å². The largest absolute Gasteiger partial charge is 0.381 e. The lowest BCUT2D eigenvalue weighted by molar-refractivity contribution is -0.120. The number of ether oxygens (including phenoxy) is 1. The van der Waals surface area contributed by atoms with Crippen molar-refractivity contribution >= 4 is 5.57 Å². The van der Waals surface area contributed by atoms with Gasteiger partial charge in [0.15, 0.2) is 0 Å². The Bertz CT molecular complexity index is 784. The second-order valence-electron chi connectivity index (χ2n) is 10.8. The maximum atomic E-state index is 5.76. The molecule has 1 heterocycles. The average Bonchev–Trinajstić information content (AvgIpc) is 3.04. The van der Waals surface area contributed by atoms with Gasteiger partial charge in [-0.05, 0) is 116 Å². The minimum Gasteiger partial charge on any atom is -0.381 e. The molecule has 0 aliphatic heterocycles. The van der Waals surface area contributed by atoms with Gasteiger partial charge in [-0.25, -0.2) is 0 Å². The maximum Gasteiger partial charge on any atom is 0.0574 e. The van der Waals surface area contributed by atoms with E-state index in [9.17, 15) is 0 Å². The molecule has 4 aliphatic rings. The molecule has 0 aromatic carbocycles. The van der Waals surface area contributed by atoms with Crippen molar-refractivity contribution in [2.45, 2.75) is 78.2 Å². The van der Waals surface area contributed by atoms with Crippen LogP contribution in [0.15, 0.2) is 24.5 Å².